The molecular weight excluding hydrogens is 404 g/mol. The van der Waals surface area contributed by atoms with E-state index in [0.717, 1.165) is 33.8 Å². The second-order valence-corrected chi connectivity index (χ2v) is 8.50. The predicted octanol–water partition coefficient (Wildman–Crippen LogP) is 5.61. The standard InChI is InChI=1S/C25H22N4OS/c1-17-7-6-8-19(13-17)23-14-24(29(26-23)18(2)30)22-15-28(21-9-4-3-5-10-21)27-25(22)20-11-12-31-16-20/h3-13,15-16,24H,14H2,1-2H3/t24-/m0/s1. The zero-order valence-electron chi connectivity index (χ0n) is 17.4. The summed E-state index contributed by atoms with van der Waals surface area (Å²) in [6.07, 6.45) is 2.69. The van der Waals surface area contributed by atoms with Gasteiger partial charge in [0.25, 0.3) is 0 Å². The number of carbonyl (C=O) groups excluding carboxylic acids is 1. The molecule has 5 rings (SSSR count). The molecule has 0 aliphatic carbocycles. The van der Waals surface area contributed by atoms with Crippen LogP contribution < -0.4 is 0 Å². The van der Waals surface area contributed by atoms with E-state index in [4.69, 9.17) is 10.2 Å². The van der Waals surface area contributed by atoms with E-state index in [9.17, 15) is 4.79 Å². The molecule has 1 aliphatic rings. The summed E-state index contributed by atoms with van der Waals surface area (Å²) >= 11 is 1.64. The van der Waals surface area contributed by atoms with Gasteiger partial charge in [-0.05, 0) is 36.1 Å². The number of carbonyl (C=O) groups is 1. The zero-order valence-corrected chi connectivity index (χ0v) is 18.2. The largest absolute Gasteiger partial charge is 0.273 e. The molecule has 2 aromatic heterocycles. The summed E-state index contributed by atoms with van der Waals surface area (Å²) in [6.45, 7) is 3.64. The van der Waals surface area contributed by atoms with Crippen molar-refractivity contribution < 1.29 is 4.79 Å². The molecular formula is C25H22N4OS. The molecule has 0 saturated heterocycles. The van der Waals surface area contributed by atoms with Crippen molar-refractivity contribution in [1.82, 2.24) is 14.8 Å². The number of rotatable bonds is 4. The number of hydrogen-bond donors (Lipinski definition) is 0. The highest BCUT2D eigenvalue weighted by molar-refractivity contribution is 7.08. The van der Waals surface area contributed by atoms with E-state index in [0.29, 0.717) is 6.42 Å². The van der Waals surface area contributed by atoms with Gasteiger partial charge in [-0.15, -0.1) is 0 Å². The average Bonchev–Trinajstić information content (AvgIpc) is 3.52. The summed E-state index contributed by atoms with van der Waals surface area (Å²) in [6, 6.07) is 20.2. The molecule has 0 bridgehead atoms. The molecule has 0 saturated carbocycles. The fourth-order valence-electron chi connectivity index (χ4n) is 4.01. The Labute approximate surface area is 185 Å². The molecule has 31 heavy (non-hydrogen) atoms. The maximum Gasteiger partial charge on any atom is 0.240 e. The fourth-order valence-corrected chi connectivity index (χ4v) is 4.65. The van der Waals surface area contributed by atoms with Crippen LogP contribution in [0.4, 0.5) is 0 Å². The number of thiophene rings is 1. The lowest BCUT2D eigenvalue weighted by molar-refractivity contribution is -0.130. The van der Waals surface area contributed by atoms with Crippen LogP contribution in [0.3, 0.4) is 0 Å². The van der Waals surface area contributed by atoms with Gasteiger partial charge in [-0.25, -0.2) is 9.69 Å². The van der Waals surface area contributed by atoms with E-state index >= 15 is 0 Å². The van der Waals surface area contributed by atoms with Crippen molar-refractivity contribution in [3.05, 3.63) is 94.3 Å². The molecule has 4 aromatic rings. The van der Waals surface area contributed by atoms with Gasteiger partial charge in [-0.1, -0.05) is 48.0 Å². The van der Waals surface area contributed by atoms with Crippen molar-refractivity contribution in [2.45, 2.75) is 26.3 Å². The van der Waals surface area contributed by atoms with Crippen LogP contribution in [0.1, 0.15) is 36.1 Å². The molecule has 0 fully saturated rings. The van der Waals surface area contributed by atoms with Crippen LogP contribution in [0, 0.1) is 6.92 Å². The number of hydrogen-bond acceptors (Lipinski definition) is 4. The van der Waals surface area contributed by atoms with Gasteiger partial charge in [0.1, 0.15) is 0 Å². The highest BCUT2D eigenvalue weighted by Gasteiger charge is 2.34. The van der Waals surface area contributed by atoms with Crippen LogP contribution in [-0.4, -0.2) is 26.4 Å². The van der Waals surface area contributed by atoms with Gasteiger partial charge < -0.3 is 0 Å². The minimum atomic E-state index is -0.194. The minimum Gasteiger partial charge on any atom is -0.273 e. The molecule has 6 heteroatoms. The van der Waals surface area contributed by atoms with Crippen molar-refractivity contribution in [2.24, 2.45) is 5.10 Å². The third kappa shape index (κ3) is 3.70. The normalized spacial score (nSPS) is 15.9. The van der Waals surface area contributed by atoms with E-state index < -0.39 is 0 Å². The SMILES string of the molecule is CC(=O)N1N=C(c2cccc(C)c2)C[C@H]1c1cn(-c2ccccc2)nc1-c1ccsc1. The Morgan fingerprint density at radius 3 is 2.61 bits per heavy atom. The summed E-state index contributed by atoms with van der Waals surface area (Å²) in [5, 5.41) is 15.4. The monoisotopic (exact) mass is 426 g/mol. The van der Waals surface area contributed by atoms with Crippen LogP contribution in [-0.2, 0) is 4.79 Å². The number of aryl methyl sites for hydroxylation is 1. The highest BCUT2D eigenvalue weighted by Crippen LogP contribution is 2.38. The number of nitrogens with zero attached hydrogens (tertiary/aromatic N) is 4. The van der Waals surface area contributed by atoms with E-state index in [2.05, 4.69) is 36.6 Å². The van der Waals surface area contributed by atoms with Crippen LogP contribution in [0.2, 0.25) is 0 Å². The van der Waals surface area contributed by atoms with E-state index in [1.165, 1.54) is 5.56 Å². The first kappa shape index (κ1) is 19.5. The Balaban J connectivity index is 1.60. The number of aromatic nitrogens is 2. The van der Waals surface area contributed by atoms with Crippen molar-refractivity contribution in [1.29, 1.82) is 0 Å². The Morgan fingerprint density at radius 1 is 1.06 bits per heavy atom. The molecule has 0 spiro atoms. The topological polar surface area (TPSA) is 50.5 Å². The molecule has 1 aliphatic heterocycles. The molecule has 0 N–H and O–H groups in total. The number of amides is 1. The first-order chi connectivity index (χ1) is 15.1. The van der Waals surface area contributed by atoms with Crippen molar-refractivity contribution >= 4 is 23.0 Å². The minimum absolute atomic E-state index is 0.0728. The third-order valence-corrected chi connectivity index (χ3v) is 6.18. The highest BCUT2D eigenvalue weighted by atomic mass is 32.1. The molecule has 5 nitrogen and oxygen atoms in total. The second-order valence-electron chi connectivity index (χ2n) is 7.72. The summed E-state index contributed by atoms with van der Waals surface area (Å²) in [4.78, 5) is 12.5. The third-order valence-electron chi connectivity index (χ3n) is 5.50. The first-order valence-corrected chi connectivity index (χ1v) is 11.2. The Morgan fingerprint density at radius 2 is 1.90 bits per heavy atom. The maximum absolute atomic E-state index is 12.5. The smallest absolute Gasteiger partial charge is 0.240 e. The second kappa shape index (κ2) is 7.96. The molecule has 2 aromatic carbocycles. The lowest BCUT2D eigenvalue weighted by atomic mass is 9.96. The number of benzene rings is 2. The van der Waals surface area contributed by atoms with Crippen LogP contribution in [0.15, 0.2) is 82.7 Å². The summed E-state index contributed by atoms with van der Waals surface area (Å²) in [5.74, 6) is -0.0728. The van der Waals surface area contributed by atoms with Crippen LogP contribution >= 0.6 is 11.3 Å². The van der Waals surface area contributed by atoms with Gasteiger partial charge in [0.15, 0.2) is 0 Å². The van der Waals surface area contributed by atoms with Gasteiger partial charge in [-0.3, -0.25) is 4.79 Å². The summed E-state index contributed by atoms with van der Waals surface area (Å²) in [5.41, 5.74) is 7.09. The molecule has 1 amide bonds. The molecule has 0 unspecified atom stereocenters. The molecule has 0 radical (unpaired) electrons. The maximum atomic E-state index is 12.5. The van der Waals surface area contributed by atoms with Crippen LogP contribution in [0.5, 0.6) is 0 Å². The lowest BCUT2D eigenvalue weighted by Crippen LogP contribution is -2.24. The lowest BCUT2D eigenvalue weighted by Gasteiger charge is -2.20. The van der Waals surface area contributed by atoms with Gasteiger partial charge in [0.2, 0.25) is 5.91 Å². The predicted molar refractivity (Wildman–Crippen MR) is 124 cm³/mol. The summed E-state index contributed by atoms with van der Waals surface area (Å²) in [7, 11) is 0. The molecule has 3 heterocycles. The van der Waals surface area contributed by atoms with Gasteiger partial charge in [0, 0.05) is 36.0 Å². The van der Waals surface area contributed by atoms with Crippen molar-refractivity contribution in [3.8, 4) is 16.9 Å². The number of hydrazone groups is 1. The van der Waals surface area contributed by atoms with Crippen LogP contribution in [0.25, 0.3) is 16.9 Å². The molecule has 1 atom stereocenters. The Hall–Kier alpha value is -3.51. The van der Waals surface area contributed by atoms with Gasteiger partial charge >= 0.3 is 0 Å². The number of para-hydroxylation sites is 1. The first-order valence-electron chi connectivity index (χ1n) is 10.2. The Kier molecular flexibility index (Phi) is 5.00. The summed E-state index contributed by atoms with van der Waals surface area (Å²) < 4.78 is 1.89. The van der Waals surface area contributed by atoms with Gasteiger partial charge in [-0.2, -0.15) is 21.5 Å². The molecule has 154 valence electrons. The fraction of sp³-hybridized carbons (Fsp3) is 0.160. The van der Waals surface area contributed by atoms with E-state index in [-0.39, 0.29) is 11.9 Å². The van der Waals surface area contributed by atoms with Crippen molar-refractivity contribution in [2.75, 3.05) is 0 Å². The quantitative estimate of drug-likeness (QED) is 0.426. The van der Waals surface area contributed by atoms with Gasteiger partial charge in [0.05, 0.1) is 23.1 Å². The average molecular weight is 427 g/mol. The Bertz CT molecular complexity index is 1260. The van der Waals surface area contributed by atoms with E-state index in [1.807, 2.05) is 52.7 Å². The van der Waals surface area contributed by atoms with E-state index in [1.54, 1.807) is 23.3 Å². The van der Waals surface area contributed by atoms with Crippen molar-refractivity contribution in [3.63, 3.8) is 0 Å². The zero-order chi connectivity index (χ0) is 21.4.